The number of nitrogens with one attached hydrogen (secondary N) is 1. The van der Waals surface area contributed by atoms with Crippen LogP contribution in [0.2, 0.25) is 5.02 Å². The van der Waals surface area contributed by atoms with E-state index in [0.717, 1.165) is 44.7 Å². The summed E-state index contributed by atoms with van der Waals surface area (Å²) < 4.78 is 11.1. The molecule has 10 heteroatoms. The number of piperidine rings is 1. The van der Waals surface area contributed by atoms with Gasteiger partial charge in [0.25, 0.3) is 0 Å². The fourth-order valence-corrected chi connectivity index (χ4v) is 4.50. The van der Waals surface area contributed by atoms with E-state index in [-0.39, 0.29) is 0 Å². The summed E-state index contributed by atoms with van der Waals surface area (Å²) in [7, 11) is 5.93. The molecule has 0 spiro atoms. The van der Waals surface area contributed by atoms with Gasteiger partial charge in [-0.1, -0.05) is 11.6 Å². The molecular formula is C22H32ClN7O2. The number of nitrogens with zero attached hydrogens (tertiary/aromatic N) is 5. The van der Waals surface area contributed by atoms with Crippen LogP contribution in [0, 0.1) is 0 Å². The van der Waals surface area contributed by atoms with Gasteiger partial charge in [0.05, 0.1) is 43.6 Å². The molecule has 0 saturated carbocycles. The molecule has 3 heterocycles. The zero-order chi connectivity index (χ0) is 22.7. The Kier molecular flexibility index (Phi) is 7.07. The topological polar surface area (TPSA) is 92.0 Å². The minimum atomic E-state index is 0.438. The van der Waals surface area contributed by atoms with Crippen LogP contribution in [0.15, 0.2) is 18.3 Å². The lowest BCUT2D eigenvalue weighted by molar-refractivity contribution is 0.122. The predicted molar refractivity (Wildman–Crippen MR) is 130 cm³/mol. The minimum Gasteiger partial charge on any atom is -0.494 e. The van der Waals surface area contributed by atoms with Gasteiger partial charge < -0.3 is 35.2 Å². The summed E-state index contributed by atoms with van der Waals surface area (Å²) in [5.41, 5.74) is 8.87. The number of morpholine rings is 1. The maximum Gasteiger partial charge on any atom is 0.229 e. The van der Waals surface area contributed by atoms with Gasteiger partial charge in [-0.05, 0) is 33.0 Å². The van der Waals surface area contributed by atoms with E-state index in [1.807, 2.05) is 12.1 Å². The highest BCUT2D eigenvalue weighted by molar-refractivity contribution is 6.32. The van der Waals surface area contributed by atoms with Crippen molar-refractivity contribution in [3.05, 3.63) is 23.4 Å². The number of hydrogen-bond acceptors (Lipinski definition) is 9. The summed E-state index contributed by atoms with van der Waals surface area (Å²) >= 11 is 6.36. The van der Waals surface area contributed by atoms with Gasteiger partial charge in [0, 0.05) is 38.3 Å². The van der Waals surface area contributed by atoms with Crippen LogP contribution >= 0.6 is 11.6 Å². The summed E-state index contributed by atoms with van der Waals surface area (Å²) in [5, 5.41) is 3.77. The van der Waals surface area contributed by atoms with Gasteiger partial charge >= 0.3 is 0 Å². The quantitative estimate of drug-likeness (QED) is 0.630. The third-order valence-electron chi connectivity index (χ3n) is 6.17. The lowest BCUT2D eigenvalue weighted by atomic mass is 10.0. The van der Waals surface area contributed by atoms with E-state index in [1.54, 1.807) is 13.3 Å². The van der Waals surface area contributed by atoms with Crippen molar-refractivity contribution in [3.63, 3.8) is 0 Å². The molecule has 3 N–H and O–H groups in total. The lowest BCUT2D eigenvalue weighted by Crippen LogP contribution is -2.42. The second kappa shape index (κ2) is 9.97. The first-order chi connectivity index (χ1) is 15.5. The Morgan fingerprint density at radius 1 is 1.16 bits per heavy atom. The first-order valence-electron chi connectivity index (χ1n) is 11.0. The SMILES string of the molecule is COc1cc(N2CCC(N(C)C)CC2)c(N)cc1Nc1ncc(Cl)c(N2CCOCC2)n1. The molecule has 32 heavy (non-hydrogen) atoms. The van der Waals surface area contributed by atoms with Gasteiger partial charge in [0.1, 0.15) is 10.8 Å². The Bertz CT molecular complexity index is 929. The average Bonchev–Trinajstić information content (AvgIpc) is 2.81. The summed E-state index contributed by atoms with van der Waals surface area (Å²) in [6.45, 7) is 4.72. The van der Waals surface area contributed by atoms with Crippen LogP contribution in [0.5, 0.6) is 5.75 Å². The largest absolute Gasteiger partial charge is 0.494 e. The Morgan fingerprint density at radius 2 is 1.88 bits per heavy atom. The number of benzene rings is 1. The van der Waals surface area contributed by atoms with Gasteiger partial charge in [-0.3, -0.25) is 0 Å². The highest BCUT2D eigenvalue weighted by Gasteiger charge is 2.23. The van der Waals surface area contributed by atoms with E-state index in [9.17, 15) is 0 Å². The van der Waals surface area contributed by atoms with Crippen LogP contribution in [-0.2, 0) is 4.74 Å². The molecule has 2 aliphatic heterocycles. The molecule has 2 aromatic rings. The number of aromatic nitrogens is 2. The summed E-state index contributed by atoms with van der Waals surface area (Å²) in [5.74, 6) is 1.82. The van der Waals surface area contributed by atoms with Gasteiger partial charge in [-0.15, -0.1) is 0 Å². The van der Waals surface area contributed by atoms with E-state index >= 15 is 0 Å². The van der Waals surface area contributed by atoms with E-state index in [0.29, 0.717) is 53.2 Å². The van der Waals surface area contributed by atoms with E-state index < -0.39 is 0 Å². The van der Waals surface area contributed by atoms with Gasteiger partial charge in [0.2, 0.25) is 5.95 Å². The molecule has 0 unspecified atom stereocenters. The van der Waals surface area contributed by atoms with E-state index in [4.69, 9.17) is 26.8 Å². The number of rotatable bonds is 6. The molecule has 1 aromatic carbocycles. The van der Waals surface area contributed by atoms with Gasteiger partial charge in [0.15, 0.2) is 5.82 Å². The van der Waals surface area contributed by atoms with Crippen LogP contribution in [0.4, 0.5) is 28.8 Å². The number of anilines is 5. The number of methoxy groups -OCH3 is 1. The summed E-state index contributed by atoms with van der Waals surface area (Å²) in [6.07, 6.45) is 3.83. The van der Waals surface area contributed by atoms with Crippen molar-refractivity contribution in [2.75, 3.05) is 81.4 Å². The van der Waals surface area contributed by atoms with Gasteiger partial charge in [-0.2, -0.15) is 4.98 Å². The second-order valence-corrected chi connectivity index (χ2v) is 8.79. The van der Waals surface area contributed by atoms with Crippen molar-refractivity contribution in [2.45, 2.75) is 18.9 Å². The number of ether oxygens (including phenoxy) is 2. The summed E-state index contributed by atoms with van der Waals surface area (Å²) in [6, 6.07) is 4.49. The lowest BCUT2D eigenvalue weighted by Gasteiger charge is -2.37. The van der Waals surface area contributed by atoms with Crippen LogP contribution in [0.3, 0.4) is 0 Å². The van der Waals surface area contributed by atoms with Crippen molar-refractivity contribution >= 4 is 40.4 Å². The number of nitrogens with two attached hydrogens (primary N) is 1. The normalized spacial score (nSPS) is 17.7. The molecule has 1 aromatic heterocycles. The standard InChI is InChI=1S/C22H32ClN7O2/c1-28(2)15-4-6-29(7-5-15)19-13-20(31-3)18(12-17(19)24)26-22-25-14-16(23)21(27-22)30-8-10-32-11-9-30/h12-15H,4-11,24H2,1-3H3,(H,25,26,27). The van der Waals surface area contributed by atoms with Gasteiger partial charge in [-0.25, -0.2) is 4.98 Å². The third-order valence-corrected chi connectivity index (χ3v) is 6.43. The molecule has 0 bridgehead atoms. The number of halogens is 1. The second-order valence-electron chi connectivity index (χ2n) is 8.38. The molecule has 9 nitrogen and oxygen atoms in total. The Labute approximate surface area is 194 Å². The van der Waals surface area contributed by atoms with Crippen LogP contribution in [0.25, 0.3) is 0 Å². The van der Waals surface area contributed by atoms with E-state index in [2.05, 4.69) is 44.1 Å². The molecule has 2 aliphatic rings. The molecule has 174 valence electrons. The van der Waals surface area contributed by atoms with Crippen LogP contribution in [0.1, 0.15) is 12.8 Å². The highest BCUT2D eigenvalue weighted by Crippen LogP contribution is 2.38. The first kappa shape index (κ1) is 22.7. The number of nitrogen functional groups attached to an aromatic ring is 1. The summed E-state index contributed by atoms with van der Waals surface area (Å²) in [4.78, 5) is 15.7. The molecular weight excluding hydrogens is 430 g/mol. The molecule has 2 saturated heterocycles. The molecule has 0 aliphatic carbocycles. The van der Waals surface area contributed by atoms with Crippen LogP contribution in [-0.4, -0.2) is 81.5 Å². The first-order valence-corrected chi connectivity index (χ1v) is 11.3. The fourth-order valence-electron chi connectivity index (χ4n) is 4.29. The maximum atomic E-state index is 6.46. The molecule has 0 amide bonds. The molecule has 0 radical (unpaired) electrons. The Hall–Kier alpha value is -2.49. The molecule has 0 atom stereocenters. The van der Waals surface area contributed by atoms with Crippen molar-refractivity contribution in [1.29, 1.82) is 0 Å². The van der Waals surface area contributed by atoms with Crippen molar-refractivity contribution in [1.82, 2.24) is 14.9 Å². The molecule has 2 fully saturated rings. The van der Waals surface area contributed by atoms with Crippen molar-refractivity contribution < 1.29 is 9.47 Å². The zero-order valence-electron chi connectivity index (χ0n) is 19.0. The Morgan fingerprint density at radius 3 is 2.53 bits per heavy atom. The van der Waals surface area contributed by atoms with Crippen LogP contribution < -0.4 is 25.6 Å². The van der Waals surface area contributed by atoms with Crippen molar-refractivity contribution in [2.24, 2.45) is 0 Å². The highest BCUT2D eigenvalue weighted by atomic mass is 35.5. The maximum absolute atomic E-state index is 6.46. The number of hydrogen-bond donors (Lipinski definition) is 2. The predicted octanol–water partition coefficient (Wildman–Crippen LogP) is 2.83. The molecule has 4 rings (SSSR count). The monoisotopic (exact) mass is 461 g/mol. The zero-order valence-corrected chi connectivity index (χ0v) is 19.7. The smallest absolute Gasteiger partial charge is 0.229 e. The van der Waals surface area contributed by atoms with E-state index in [1.165, 1.54) is 0 Å². The third kappa shape index (κ3) is 4.95. The minimum absolute atomic E-state index is 0.438. The van der Waals surface area contributed by atoms with Crippen molar-refractivity contribution in [3.8, 4) is 5.75 Å². The Balaban J connectivity index is 1.54. The average molecular weight is 462 g/mol. The fraction of sp³-hybridized carbons (Fsp3) is 0.545.